The standard InChI is InChI=1S/C20H21ClN4O/c1-3-23(4-2)11-12-24-18-10-9-14(21)13-16(18)19-15-7-5-6-8-17(15)22-25(19)20(24)26/h5-10,13H,3-4,11-12H2,1-2H3. The van der Waals surface area contributed by atoms with Crippen LogP contribution < -0.4 is 5.69 Å². The van der Waals surface area contributed by atoms with Gasteiger partial charge >= 0.3 is 5.69 Å². The van der Waals surface area contributed by atoms with Gasteiger partial charge in [0.1, 0.15) is 0 Å². The summed E-state index contributed by atoms with van der Waals surface area (Å²) in [5.41, 5.74) is 2.41. The molecule has 0 atom stereocenters. The molecule has 0 N–H and O–H groups in total. The molecule has 0 spiro atoms. The molecule has 0 saturated heterocycles. The minimum atomic E-state index is -0.113. The van der Waals surface area contributed by atoms with Crippen molar-refractivity contribution in [3.8, 4) is 0 Å². The third kappa shape index (κ3) is 2.68. The molecule has 134 valence electrons. The highest BCUT2D eigenvalue weighted by Crippen LogP contribution is 2.28. The van der Waals surface area contributed by atoms with Gasteiger partial charge in [-0.05, 0) is 37.4 Å². The minimum absolute atomic E-state index is 0.113. The summed E-state index contributed by atoms with van der Waals surface area (Å²) >= 11 is 6.28. The maximum atomic E-state index is 13.2. The van der Waals surface area contributed by atoms with E-state index in [0.29, 0.717) is 11.6 Å². The van der Waals surface area contributed by atoms with Crippen LogP contribution in [0.5, 0.6) is 0 Å². The van der Waals surface area contributed by atoms with Gasteiger partial charge in [-0.15, -0.1) is 0 Å². The largest absolute Gasteiger partial charge is 0.349 e. The second kappa shape index (κ2) is 6.74. The molecule has 2 aromatic heterocycles. The average molecular weight is 369 g/mol. The van der Waals surface area contributed by atoms with Gasteiger partial charge in [0.05, 0.1) is 16.6 Å². The van der Waals surface area contributed by atoms with E-state index >= 15 is 0 Å². The van der Waals surface area contributed by atoms with Crippen molar-refractivity contribution in [2.45, 2.75) is 20.4 Å². The first kappa shape index (κ1) is 17.1. The summed E-state index contributed by atoms with van der Waals surface area (Å²) in [6.07, 6.45) is 0. The lowest BCUT2D eigenvalue weighted by Crippen LogP contribution is -2.33. The number of halogens is 1. The molecule has 0 saturated carbocycles. The SMILES string of the molecule is CCN(CC)CCn1c(=O)n2nc3ccccc3c2c2cc(Cl)ccc21. The van der Waals surface area contributed by atoms with Crippen LogP contribution in [0.2, 0.25) is 5.02 Å². The zero-order chi connectivity index (χ0) is 18.3. The van der Waals surface area contributed by atoms with Gasteiger partial charge in [0.2, 0.25) is 0 Å². The number of hydrogen-bond acceptors (Lipinski definition) is 3. The average Bonchev–Trinajstić information content (AvgIpc) is 3.05. The van der Waals surface area contributed by atoms with E-state index in [1.165, 1.54) is 4.52 Å². The van der Waals surface area contributed by atoms with Crippen molar-refractivity contribution in [3.05, 3.63) is 58.0 Å². The molecule has 2 aromatic carbocycles. The monoisotopic (exact) mass is 368 g/mol. The lowest BCUT2D eigenvalue weighted by Gasteiger charge is -2.19. The predicted octanol–water partition coefficient (Wildman–Crippen LogP) is 3.80. The first-order valence-corrected chi connectivity index (χ1v) is 9.33. The van der Waals surface area contributed by atoms with Gasteiger partial charge in [-0.2, -0.15) is 9.61 Å². The molecule has 0 aliphatic carbocycles. The van der Waals surface area contributed by atoms with Crippen LogP contribution in [0.1, 0.15) is 13.8 Å². The molecule has 0 unspecified atom stereocenters. The van der Waals surface area contributed by atoms with Gasteiger partial charge in [0.25, 0.3) is 0 Å². The summed E-state index contributed by atoms with van der Waals surface area (Å²) in [4.78, 5) is 15.5. The Morgan fingerprint density at radius 1 is 1.08 bits per heavy atom. The number of rotatable bonds is 5. The van der Waals surface area contributed by atoms with Gasteiger partial charge in [0, 0.05) is 28.9 Å². The maximum absolute atomic E-state index is 13.2. The van der Waals surface area contributed by atoms with Crippen LogP contribution in [-0.4, -0.2) is 38.7 Å². The van der Waals surface area contributed by atoms with Crippen LogP contribution in [0.4, 0.5) is 0 Å². The van der Waals surface area contributed by atoms with Crippen LogP contribution in [0, 0.1) is 0 Å². The Kier molecular flexibility index (Phi) is 4.42. The molecule has 0 aliphatic heterocycles. The van der Waals surface area contributed by atoms with Gasteiger partial charge < -0.3 is 4.90 Å². The molecule has 5 nitrogen and oxygen atoms in total. The van der Waals surface area contributed by atoms with Crippen molar-refractivity contribution in [1.29, 1.82) is 0 Å². The summed E-state index contributed by atoms with van der Waals surface area (Å²) in [5.74, 6) is 0. The number of nitrogens with zero attached hydrogens (tertiary/aromatic N) is 4. The van der Waals surface area contributed by atoms with Crippen LogP contribution in [0.3, 0.4) is 0 Å². The Morgan fingerprint density at radius 2 is 1.85 bits per heavy atom. The summed E-state index contributed by atoms with van der Waals surface area (Å²) < 4.78 is 3.33. The number of hydrogen-bond donors (Lipinski definition) is 0. The molecule has 0 radical (unpaired) electrons. The number of aromatic nitrogens is 3. The summed E-state index contributed by atoms with van der Waals surface area (Å²) in [7, 11) is 0. The quantitative estimate of drug-likeness (QED) is 0.538. The first-order chi connectivity index (χ1) is 12.6. The van der Waals surface area contributed by atoms with E-state index in [1.807, 2.05) is 47.0 Å². The summed E-state index contributed by atoms with van der Waals surface area (Å²) in [5, 5.41) is 7.12. The molecule has 0 fully saturated rings. The molecular formula is C20H21ClN4O. The zero-order valence-corrected chi connectivity index (χ0v) is 15.7. The normalized spacial score (nSPS) is 12.0. The van der Waals surface area contributed by atoms with Crippen LogP contribution in [0.25, 0.3) is 27.3 Å². The second-order valence-electron chi connectivity index (χ2n) is 6.40. The fourth-order valence-electron chi connectivity index (χ4n) is 3.58. The molecule has 6 heteroatoms. The highest BCUT2D eigenvalue weighted by molar-refractivity contribution is 6.31. The van der Waals surface area contributed by atoms with Gasteiger partial charge in [-0.3, -0.25) is 4.57 Å². The Balaban J connectivity index is 2.03. The molecule has 0 amide bonds. The van der Waals surface area contributed by atoms with E-state index in [-0.39, 0.29) is 5.69 Å². The third-order valence-corrected chi connectivity index (χ3v) is 5.26. The topological polar surface area (TPSA) is 42.5 Å². The van der Waals surface area contributed by atoms with Crippen molar-refractivity contribution < 1.29 is 0 Å². The predicted molar refractivity (Wildman–Crippen MR) is 107 cm³/mol. The summed E-state index contributed by atoms with van der Waals surface area (Å²) in [6.45, 7) is 7.62. The van der Waals surface area contributed by atoms with E-state index in [9.17, 15) is 4.79 Å². The molecule has 4 aromatic rings. The van der Waals surface area contributed by atoms with Crippen molar-refractivity contribution in [1.82, 2.24) is 19.1 Å². The van der Waals surface area contributed by atoms with Crippen LogP contribution >= 0.6 is 11.6 Å². The maximum Gasteiger partial charge on any atom is 0.349 e. The van der Waals surface area contributed by atoms with E-state index in [1.54, 1.807) is 0 Å². The van der Waals surface area contributed by atoms with Gasteiger partial charge in [0.15, 0.2) is 0 Å². The van der Waals surface area contributed by atoms with E-state index in [2.05, 4.69) is 23.8 Å². The van der Waals surface area contributed by atoms with E-state index in [4.69, 9.17) is 11.6 Å². The van der Waals surface area contributed by atoms with Crippen molar-refractivity contribution >= 4 is 38.9 Å². The third-order valence-electron chi connectivity index (χ3n) is 5.03. The Hall–Kier alpha value is -2.37. The van der Waals surface area contributed by atoms with E-state index < -0.39 is 0 Å². The molecule has 0 bridgehead atoms. The van der Waals surface area contributed by atoms with Crippen LogP contribution in [0.15, 0.2) is 47.3 Å². The molecule has 4 rings (SSSR count). The molecule has 26 heavy (non-hydrogen) atoms. The second-order valence-corrected chi connectivity index (χ2v) is 6.84. The Morgan fingerprint density at radius 3 is 2.62 bits per heavy atom. The Bertz CT molecular complexity index is 1160. The van der Waals surface area contributed by atoms with Crippen LogP contribution in [-0.2, 0) is 6.54 Å². The van der Waals surface area contributed by atoms with Gasteiger partial charge in [-0.1, -0.05) is 43.6 Å². The minimum Gasteiger partial charge on any atom is -0.302 e. The lowest BCUT2D eigenvalue weighted by molar-refractivity contribution is 0.290. The highest BCUT2D eigenvalue weighted by Gasteiger charge is 2.16. The van der Waals surface area contributed by atoms with Crippen molar-refractivity contribution in [2.24, 2.45) is 0 Å². The Labute approximate surface area is 156 Å². The summed E-state index contributed by atoms with van der Waals surface area (Å²) in [6, 6.07) is 13.5. The smallest absolute Gasteiger partial charge is 0.302 e. The molecule has 2 heterocycles. The fraction of sp³-hybridized carbons (Fsp3) is 0.300. The number of fused-ring (bicyclic) bond motifs is 5. The molecular weight excluding hydrogens is 348 g/mol. The number of likely N-dealkylation sites (N-methyl/N-ethyl adjacent to an activating group) is 1. The molecule has 0 aliphatic rings. The fourth-order valence-corrected chi connectivity index (χ4v) is 3.75. The van der Waals surface area contributed by atoms with Crippen molar-refractivity contribution in [3.63, 3.8) is 0 Å². The number of benzene rings is 2. The lowest BCUT2D eigenvalue weighted by atomic mass is 10.1. The van der Waals surface area contributed by atoms with Gasteiger partial charge in [-0.25, -0.2) is 4.79 Å². The van der Waals surface area contributed by atoms with E-state index in [0.717, 1.165) is 47.0 Å². The highest BCUT2D eigenvalue weighted by atomic mass is 35.5. The zero-order valence-electron chi connectivity index (χ0n) is 14.9. The first-order valence-electron chi connectivity index (χ1n) is 8.96. The van der Waals surface area contributed by atoms with Crippen molar-refractivity contribution in [2.75, 3.05) is 19.6 Å².